The summed E-state index contributed by atoms with van der Waals surface area (Å²) >= 11 is 0. The largest absolute Gasteiger partial charge is 0.504 e. The molecule has 10 heavy (non-hydrogen) atoms. The van der Waals surface area contributed by atoms with Gasteiger partial charge in [0.1, 0.15) is 0 Å². The quantitative estimate of drug-likeness (QED) is 0.320. The summed E-state index contributed by atoms with van der Waals surface area (Å²) in [5, 5.41) is 0.719. The van der Waals surface area contributed by atoms with Gasteiger partial charge in [-0.05, 0) is 13.0 Å². The molecule has 0 saturated heterocycles. The van der Waals surface area contributed by atoms with Gasteiger partial charge in [-0.2, -0.15) is 0 Å². The van der Waals surface area contributed by atoms with Gasteiger partial charge >= 0.3 is 0 Å². The Kier molecular flexibility index (Phi) is 6.70. The summed E-state index contributed by atoms with van der Waals surface area (Å²) in [5.74, 6) is 0. The maximum absolute atomic E-state index is 5.36. The Bertz CT molecular complexity index is 91.3. The van der Waals surface area contributed by atoms with Crippen molar-refractivity contribution in [3.05, 3.63) is 12.0 Å². The van der Waals surface area contributed by atoms with E-state index in [2.05, 4.69) is 6.92 Å². The highest BCUT2D eigenvalue weighted by Gasteiger charge is 1.87. The first kappa shape index (κ1) is 9.76. The van der Waals surface area contributed by atoms with Crippen LogP contribution < -0.4 is 0 Å². The summed E-state index contributed by atoms with van der Waals surface area (Å²) in [4.78, 5) is 0. The van der Waals surface area contributed by atoms with Crippen LogP contribution in [0, 0.1) is 6.58 Å². The molecule has 0 N–H and O–H groups in total. The molecule has 0 aromatic carbocycles. The summed E-state index contributed by atoms with van der Waals surface area (Å²) < 4.78 is 5.14. The molecule has 0 aromatic heterocycles. The molecule has 0 aliphatic heterocycles. The Morgan fingerprint density at radius 3 is 2.60 bits per heavy atom. The SMILES string of the molecule is [CH]=C([SiH3])OCCCCCC. The van der Waals surface area contributed by atoms with Gasteiger partial charge in [-0.1, -0.05) is 26.2 Å². The Balaban J connectivity index is 2.84. The molecule has 0 bridgehead atoms. The maximum atomic E-state index is 5.36. The minimum absolute atomic E-state index is 0.719. The second kappa shape index (κ2) is 6.87. The second-order valence-electron chi connectivity index (χ2n) is 2.52. The highest BCUT2D eigenvalue weighted by atomic mass is 28.1. The van der Waals surface area contributed by atoms with Crippen LogP contribution in [0.4, 0.5) is 0 Å². The molecule has 2 heteroatoms. The van der Waals surface area contributed by atoms with E-state index in [1.165, 1.54) is 19.3 Å². The third-order valence-corrected chi connectivity index (χ3v) is 1.62. The van der Waals surface area contributed by atoms with Gasteiger partial charge in [-0.15, -0.1) is 0 Å². The normalized spacial score (nSPS) is 9.70. The van der Waals surface area contributed by atoms with E-state index in [0.717, 1.165) is 28.7 Å². The lowest BCUT2D eigenvalue weighted by Crippen LogP contribution is -1.93. The molecule has 0 unspecified atom stereocenters. The number of hydrogen-bond donors (Lipinski definition) is 0. The van der Waals surface area contributed by atoms with Gasteiger partial charge in [0.2, 0.25) is 0 Å². The maximum Gasteiger partial charge on any atom is 0.0870 e. The van der Waals surface area contributed by atoms with Crippen molar-refractivity contribution in [1.82, 2.24) is 0 Å². The fourth-order valence-corrected chi connectivity index (χ4v) is 0.966. The summed E-state index contributed by atoms with van der Waals surface area (Å²) in [6, 6.07) is 0. The molecule has 0 rings (SSSR count). The van der Waals surface area contributed by atoms with E-state index in [4.69, 9.17) is 11.3 Å². The van der Waals surface area contributed by atoms with Crippen molar-refractivity contribution in [1.29, 1.82) is 0 Å². The van der Waals surface area contributed by atoms with Crippen LogP contribution in [0.3, 0.4) is 0 Å². The van der Waals surface area contributed by atoms with Crippen LogP contribution in [0.2, 0.25) is 0 Å². The zero-order chi connectivity index (χ0) is 7.82. The standard InChI is InChI=1S/C8H17OSi/c1-3-4-5-6-7-9-8(2)10/h2H,3-7H2,1,10H3. The first-order valence-corrected chi connectivity index (χ1v) is 4.99. The highest BCUT2D eigenvalue weighted by molar-refractivity contribution is 6.19. The minimum Gasteiger partial charge on any atom is -0.504 e. The predicted molar refractivity (Wildman–Crippen MR) is 47.8 cm³/mol. The first-order valence-electron chi connectivity index (χ1n) is 3.99. The molecule has 0 heterocycles. The van der Waals surface area contributed by atoms with Crippen LogP contribution in [0.25, 0.3) is 0 Å². The summed E-state index contributed by atoms with van der Waals surface area (Å²) in [7, 11) is 0.860. The highest BCUT2D eigenvalue weighted by Crippen LogP contribution is 1.99. The number of unbranched alkanes of at least 4 members (excludes halogenated alkanes) is 3. The molecule has 0 spiro atoms. The number of rotatable bonds is 6. The summed E-state index contributed by atoms with van der Waals surface area (Å²) in [6.07, 6.45) is 5.01. The Labute approximate surface area is 66.9 Å². The molecule has 0 amide bonds. The zero-order valence-corrected chi connectivity index (χ0v) is 9.02. The minimum atomic E-state index is 0.719. The second-order valence-corrected chi connectivity index (χ2v) is 3.51. The predicted octanol–water partition coefficient (Wildman–Crippen LogP) is 1.22. The smallest absolute Gasteiger partial charge is 0.0870 e. The van der Waals surface area contributed by atoms with Gasteiger partial charge in [0.05, 0.1) is 22.2 Å². The molecule has 0 fully saturated rings. The van der Waals surface area contributed by atoms with E-state index >= 15 is 0 Å². The molecule has 1 radical (unpaired) electrons. The van der Waals surface area contributed by atoms with Gasteiger partial charge in [0.15, 0.2) is 0 Å². The third kappa shape index (κ3) is 7.76. The molecule has 0 aliphatic rings. The molecular weight excluding hydrogens is 140 g/mol. The lowest BCUT2D eigenvalue weighted by molar-refractivity contribution is 0.228. The van der Waals surface area contributed by atoms with Crippen LogP contribution >= 0.6 is 0 Å². The summed E-state index contributed by atoms with van der Waals surface area (Å²) in [6.45, 7) is 8.38. The zero-order valence-electron chi connectivity index (χ0n) is 7.02. The van der Waals surface area contributed by atoms with Gasteiger partial charge in [0.25, 0.3) is 0 Å². The van der Waals surface area contributed by atoms with Crippen LogP contribution in [-0.4, -0.2) is 16.8 Å². The van der Waals surface area contributed by atoms with Crippen molar-refractivity contribution < 1.29 is 4.74 Å². The molecule has 0 atom stereocenters. The van der Waals surface area contributed by atoms with Crippen molar-refractivity contribution in [2.24, 2.45) is 0 Å². The molecule has 0 aliphatic carbocycles. The molecular formula is C8H17OSi. The third-order valence-electron chi connectivity index (χ3n) is 1.33. The van der Waals surface area contributed by atoms with Crippen LogP contribution in [0.1, 0.15) is 32.6 Å². The average Bonchev–Trinajstić information content (AvgIpc) is 1.87. The van der Waals surface area contributed by atoms with Gasteiger partial charge in [-0.3, -0.25) is 0 Å². The van der Waals surface area contributed by atoms with E-state index in [1.54, 1.807) is 0 Å². The Morgan fingerprint density at radius 2 is 2.10 bits per heavy atom. The van der Waals surface area contributed by atoms with Crippen molar-refractivity contribution >= 4 is 10.2 Å². The average molecular weight is 157 g/mol. The monoisotopic (exact) mass is 157 g/mol. The lowest BCUT2D eigenvalue weighted by atomic mass is 10.2. The van der Waals surface area contributed by atoms with Crippen molar-refractivity contribution in [2.75, 3.05) is 6.61 Å². The van der Waals surface area contributed by atoms with Gasteiger partial charge in [-0.25, -0.2) is 0 Å². The number of ether oxygens (including phenoxy) is 1. The molecule has 59 valence electrons. The molecule has 0 saturated carbocycles. The van der Waals surface area contributed by atoms with Gasteiger partial charge < -0.3 is 4.74 Å². The van der Waals surface area contributed by atoms with E-state index in [0.29, 0.717) is 0 Å². The van der Waals surface area contributed by atoms with Crippen molar-refractivity contribution in [3.8, 4) is 0 Å². The van der Waals surface area contributed by atoms with Crippen LogP contribution in [0.5, 0.6) is 0 Å². The van der Waals surface area contributed by atoms with Crippen molar-refractivity contribution in [2.45, 2.75) is 32.6 Å². The van der Waals surface area contributed by atoms with E-state index in [1.807, 2.05) is 0 Å². The van der Waals surface area contributed by atoms with E-state index in [9.17, 15) is 0 Å². The fourth-order valence-electron chi connectivity index (χ4n) is 0.762. The Morgan fingerprint density at radius 1 is 1.40 bits per heavy atom. The lowest BCUT2D eigenvalue weighted by Gasteiger charge is -2.03. The molecule has 1 nitrogen and oxygen atoms in total. The van der Waals surface area contributed by atoms with Crippen LogP contribution in [0.15, 0.2) is 5.38 Å². The number of hydrogen-bond acceptors (Lipinski definition) is 1. The first-order chi connectivity index (χ1) is 4.77. The van der Waals surface area contributed by atoms with E-state index < -0.39 is 0 Å². The van der Waals surface area contributed by atoms with Crippen LogP contribution in [-0.2, 0) is 4.74 Å². The Hall–Kier alpha value is -0.243. The fraction of sp³-hybridized carbons (Fsp3) is 0.750. The van der Waals surface area contributed by atoms with Gasteiger partial charge in [0, 0.05) is 0 Å². The summed E-state index contributed by atoms with van der Waals surface area (Å²) in [5.41, 5.74) is 0. The topological polar surface area (TPSA) is 9.23 Å². The molecule has 0 aromatic rings. The van der Waals surface area contributed by atoms with Crippen molar-refractivity contribution in [3.63, 3.8) is 0 Å². The van der Waals surface area contributed by atoms with E-state index in [-0.39, 0.29) is 0 Å².